The van der Waals surface area contributed by atoms with Gasteiger partial charge in [0.1, 0.15) is 0 Å². The molecule has 0 unspecified atom stereocenters. The second-order valence-corrected chi connectivity index (χ2v) is 7.66. The Morgan fingerprint density at radius 3 is 2.62 bits per heavy atom. The van der Waals surface area contributed by atoms with Gasteiger partial charge >= 0.3 is 0 Å². The standard InChI is InChI=1S/C16H18N4O3S/c1-2-3-15-18-16(23-19-15)11-20(13-6-7-13)24(21,22)14-8-4-12(10-17)5-9-14/h4-5,8-9,13H,2-3,6-7,11H2,1H3. The Balaban J connectivity index is 1.84. The van der Waals surface area contributed by atoms with E-state index in [0.717, 1.165) is 19.3 Å². The second-order valence-electron chi connectivity index (χ2n) is 5.77. The number of hydrogen-bond donors (Lipinski definition) is 0. The average Bonchev–Trinajstić information content (AvgIpc) is 3.33. The summed E-state index contributed by atoms with van der Waals surface area (Å²) in [5, 5.41) is 12.7. The summed E-state index contributed by atoms with van der Waals surface area (Å²) in [4.78, 5) is 4.43. The number of rotatable bonds is 7. The van der Waals surface area contributed by atoms with Crippen LogP contribution in [0.25, 0.3) is 0 Å². The zero-order valence-electron chi connectivity index (χ0n) is 13.3. The number of nitrogens with zero attached hydrogens (tertiary/aromatic N) is 4. The first kappa shape index (κ1) is 16.6. The van der Waals surface area contributed by atoms with Crippen molar-refractivity contribution in [1.29, 1.82) is 5.26 Å². The van der Waals surface area contributed by atoms with Crippen LogP contribution in [0.5, 0.6) is 0 Å². The minimum absolute atomic E-state index is 0.0350. The number of nitriles is 1. The predicted octanol–water partition coefficient (Wildman–Crippen LogP) is 2.25. The molecule has 0 aliphatic heterocycles. The van der Waals surface area contributed by atoms with Crippen LogP contribution in [0.4, 0.5) is 0 Å². The van der Waals surface area contributed by atoms with Gasteiger partial charge in [-0.05, 0) is 43.5 Å². The van der Waals surface area contributed by atoms with Crippen LogP contribution in [-0.2, 0) is 23.0 Å². The average molecular weight is 346 g/mol. The van der Waals surface area contributed by atoms with Crippen molar-refractivity contribution in [2.75, 3.05) is 0 Å². The monoisotopic (exact) mass is 346 g/mol. The van der Waals surface area contributed by atoms with Crippen molar-refractivity contribution in [2.45, 2.75) is 50.1 Å². The van der Waals surface area contributed by atoms with Crippen molar-refractivity contribution in [3.8, 4) is 6.07 Å². The van der Waals surface area contributed by atoms with Gasteiger partial charge in [0.25, 0.3) is 0 Å². The summed E-state index contributed by atoms with van der Waals surface area (Å²) in [6.07, 6.45) is 3.25. The van der Waals surface area contributed by atoms with Gasteiger partial charge in [-0.25, -0.2) is 8.42 Å². The molecule has 8 heteroatoms. The molecule has 1 fully saturated rings. The topological polar surface area (TPSA) is 100 Å². The smallest absolute Gasteiger partial charge is 0.243 e. The van der Waals surface area contributed by atoms with Gasteiger partial charge < -0.3 is 4.52 Å². The Morgan fingerprint density at radius 1 is 1.33 bits per heavy atom. The first-order chi connectivity index (χ1) is 11.5. The number of sulfonamides is 1. The maximum absolute atomic E-state index is 12.9. The molecule has 1 heterocycles. The molecule has 0 atom stereocenters. The van der Waals surface area contributed by atoms with E-state index in [1.165, 1.54) is 28.6 Å². The van der Waals surface area contributed by atoms with E-state index in [0.29, 0.717) is 23.7 Å². The van der Waals surface area contributed by atoms with E-state index >= 15 is 0 Å². The largest absolute Gasteiger partial charge is 0.338 e. The number of benzene rings is 1. The predicted molar refractivity (Wildman–Crippen MR) is 85.2 cm³/mol. The van der Waals surface area contributed by atoms with Crippen molar-refractivity contribution in [3.63, 3.8) is 0 Å². The van der Waals surface area contributed by atoms with Crippen LogP contribution >= 0.6 is 0 Å². The molecule has 1 aromatic heterocycles. The van der Waals surface area contributed by atoms with Crippen LogP contribution in [0.3, 0.4) is 0 Å². The molecular formula is C16H18N4O3S. The van der Waals surface area contributed by atoms with Gasteiger partial charge in [-0.1, -0.05) is 12.1 Å². The van der Waals surface area contributed by atoms with E-state index in [9.17, 15) is 8.42 Å². The Hall–Kier alpha value is -2.24. The number of hydrogen-bond acceptors (Lipinski definition) is 6. The van der Waals surface area contributed by atoms with E-state index in [4.69, 9.17) is 9.78 Å². The Kier molecular flexibility index (Phi) is 4.64. The van der Waals surface area contributed by atoms with Gasteiger partial charge in [0.05, 0.1) is 23.1 Å². The van der Waals surface area contributed by atoms with Crippen molar-refractivity contribution in [3.05, 3.63) is 41.5 Å². The van der Waals surface area contributed by atoms with Gasteiger partial charge in [0, 0.05) is 12.5 Å². The molecule has 1 aliphatic rings. The molecule has 24 heavy (non-hydrogen) atoms. The highest BCUT2D eigenvalue weighted by Gasteiger charge is 2.39. The van der Waals surface area contributed by atoms with Crippen LogP contribution in [0.2, 0.25) is 0 Å². The maximum Gasteiger partial charge on any atom is 0.243 e. The van der Waals surface area contributed by atoms with Crippen molar-refractivity contribution >= 4 is 10.0 Å². The van der Waals surface area contributed by atoms with Crippen molar-refractivity contribution in [1.82, 2.24) is 14.4 Å². The molecule has 1 aliphatic carbocycles. The first-order valence-electron chi connectivity index (χ1n) is 7.88. The molecule has 1 saturated carbocycles. The van der Waals surface area contributed by atoms with Gasteiger partial charge in [0.2, 0.25) is 15.9 Å². The maximum atomic E-state index is 12.9. The van der Waals surface area contributed by atoms with Crippen LogP contribution < -0.4 is 0 Å². The van der Waals surface area contributed by atoms with Gasteiger partial charge in [0.15, 0.2) is 5.82 Å². The highest BCUT2D eigenvalue weighted by molar-refractivity contribution is 7.89. The summed E-state index contributed by atoms with van der Waals surface area (Å²) in [6.45, 7) is 2.09. The van der Waals surface area contributed by atoms with E-state index in [1.54, 1.807) is 0 Å². The lowest BCUT2D eigenvalue weighted by Crippen LogP contribution is -2.32. The summed E-state index contributed by atoms with van der Waals surface area (Å²) < 4.78 is 32.4. The number of aryl methyl sites for hydroxylation is 1. The summed E-state index contributed by atoms with van der Waals surface area (Å²) in [5.74, 6) is 0.904. The molecular weight excluding hydrogens is 328 g/mol. The molecule has 0 bridgehead atoms. The fraction of sp³-hybridized carbons (Fsp3) is 0.438. The van der Waals surface area contributed by atoms with E-state index in [2.05, 4.69) is 10.1 Å². The Morgan fingerprint density at radius 2 is 2.04 bits per heavy atom. The molecule has 0 amide bonds. The quantitative estimate of drug-likeness (QED) is 0.762. The highest BCUT2D eigenvalue weighted by atomic mass is 32.2. The Labute approximate surface area is 141 Å². The Bertz CT molecular complexity index is 848. The lowest BCUT2D eigenvalue weighted by Gasteiger charge is -2.20. The van der Waals surface area contributed by atoms with E-state index in [1.807, 2.05) is 13.0 Å². The third-order valence-electron chi connectivity index (χ3n) is 3.82. The lowest BCUT2D eigenvalue weighted by molar-refractivity contribution is 0.309. The highest BCUT2D eigenvalue weighted by Crippen LogP contribution is 2.33. The second kappa shape index (κ2) is 6.71. The molecule has 0 N–H and O–H groups in total. The fourth-order valence-electron chi connectivity index (χ4n) is 2.42. The van der Waals surface area contributed by atoms with Crippen LogP contribution in [0, 0.1) is 11.3 Å². The van der Waals surface area contributed by atoms with E-state index < -0.39 is 10.0 Å². The van der Waals surface area contributed by atoms with Gasteiger partial charge in [-0.2, -0.15) is 14.6 Å². The molecule has 2 aromatic rings. The van der Waals surface area contributed by atoms with Gasteiger partial charge in [-0.3, -0.25) is 0 Å². The SMILES string of the molecule is CCCc1noc(CN(C2CC2)S(=O)(=O)c2ccc(C#N)cc2)n1. The normalized spacial score (nSPS) is 14.7. The summed E-state index contributed by atoms with van der Waals surface area (Å²) in [7, 11) is -3.67. The number of aromatic nitrogens is 2. The molecule has 7 nitrogen and oxygen atoms in total. The molecule has 0 saturated heterocycles. The zero-order chi connectivity index (χ0) is 17.2. The summed E-state index contributed by atoms with van der Waals surface area (Å²) in [6, 6.07) is 7.87. The lowest BCUT2D eigenvalue weighted by atomic mass is 10.2. The van der Waals surface area contributed by atoms with Gasteiger partial charge in [-0.15, -0.1) is 0 Å². The van der Waals surface area contributed by atoms with Crippen LogP contribution in [-0.4, -0.2) is 28.9 Å². The van der Waals surface area contributed by atoms with Crippen LogP contribution in [0.15, 0.2) is 33.7 Å². The van der Waals surface area contributed by atoms with Crippen LogP contribution in [0.1, 0.15) is 43.5 Å². The first-order valence-corrected chi connectivity index (χ1v) is 9.32. The summed E-state index contributed by atoms with van der Waals surface area (Å²) >= 11 is 0. The van der Waals surface area contributed by atoms with Crippen molar-refractivity contribution < 1.29 is 12.9 Å². The van der Waals surface area contributed by atoms with Crippen molar-refractivity contribution in [2.24, 2.45) is 0 Å². The molecule has 1 aromatic carbocycles. The zero-order valence-corrected chi connectivity index (χ0v) is 14.2. The fourth-order valence-corrected chi connectivity index (χ4v) is 4.06. The molecule has 0 spiro atoms. The summed E-state index contributed by atoms with van der Waals surface area (Å²) in [5.41, 5.74) is 0.424. The minimum Gasteiger partial charge on any atom is -0.338 e. The molecule has 126 valence electrons. The molecule has 0 radical (unpaired) electrons. The third-order valence-corrected chi connectivity index (χ3v) is 5.73. The third kappa shape index (κ3) is 3.47. The van der Waals surface area contributed by atoms with E-state index in [-0.39, 0.29) is 17.5 Å². The molecule has 3 rings (SSSR count). The minimum atomic E-state index is -3.67.